The quantitative estimate of drug-likeness (QED) is 0.114. The average Bonchev–Trinajstić information content (AvgIpc) is 3.36. The van der Waals surface area contributed by atoms with Crippen LogP contribution in [0.25, 0.3) is 0 Å². The van der Waals surface area contributed by atoms with Gasteiger partial charge in [0, 0.05) is 5.38 Å². The second-order valence-electron chi connectivity index (χ2n) is 7.83. The Labute approximate surface area is 226 Å². The number of halogens is 1. The topological polar surface area (TPSA) is 167 Å². The molecule has 0 radical (unpaired) electrons. The number of carbonyl (C=O) groups excluding carboxylic acids is 3. The predicted octanol–water partition coefficient (Wildman–Crippen LogP) is 1.74. The van der Waals surface area contributed by atoms with Gasteiger partial charge in [-0.05, 0) is 11.1 Å². The molecule has 1 aliphatic heterocycles. The number of rotatable bonds is 9. The minimum Gasteiger partial charge on any atom is -0.398 e. The number of nitrogens with zero attached hydrogens (tertiary/aromatic N) is 3. The fourth-order valence-corrected chi connectivity index (χ4v) is 5.98. The Morgan fingerprint density at radius 1 is 1.16 bits per heavy atom. The van der Waals surface area contributed by atoms with Crippen LogP contribution >= 0.6 is 22.9 Å². The number of β-lactam (4-membered cyclic amide) rings is 1. The van der Waals surface area contributed by atoms with Crippen LogP contribution in [-0.2, 0) is 35.1 Å². The van der Waals surface area contributed by atoms with Gasteiger partial charge in [-0.1, -0.05) is 65.8 Å². The summed E-state index contributed by atoms with van der Waals surface area (Å²) in [6.07, 6.45) is 0. The molecule has 1 atom stereocenters. The molecule has 3 aromatic rings. The highest BCUT2D eigenvalue weighted by Crippen LogP contribution is 2.48. The first kappa shape index (κ1) is 27.2. The van der Waals surface area contributed by atoms with Gasteiger partial charge in [-0.3, -0.25) is 18.9 Å². The minimum absolute atomic E-state index is 0.0163. The molecule has 2 aromatic carbocycles. The van der Waals surface area contributed by atoms with Gasteiger partial charge in [-0.15, -0.1) is 22.9 Å². The molecule has 15 heteroatoms. The van der Waals surface area contributed by atoms with Gasteiger partial charge < -0.3 is 15.5 Å². The van der Waals surface area contributed by atoms with Crippen molar-refractivity contribution >= 4 is 61.8 Å². The maximum atomic E-state index is 13.4. The fourth-order valence-electron chi connectivity index (χ4n) is 4.19. The zero-order chi connectivity index (χ0) is 27.5. The average molecular weight is 578 g/mol. The molecule has 0 bridgehead atoms. The number of amides is 3. The van der Waals surface area contributed by atoms with E-state index in [2.05, 4.69) is 20.8 Å². The third kappa shape index (κ3) is 4.86. The second kappa shape index (κ2) is 10.9. The number of hydrogen-bond donors (Lipinski definition) is 3. The Morgan fingerprint density at radius 3 is 2.24 bits per heavy atom. The molecule has 0 saturated carbocycles. The Hall–Kier alpha value is -3.85. The maximum Gasteiger partial charge on any atom is 0.363 e. The van der Waals surface area contributed by atoms with E-state index in [1.54, 1.807) is 60.7 Å². The molecule has 4 rings (SSSR count). The highest BCUT2D eigenvalue weighted by molar-refractivity contribution is 7.84. The largest absolute Gasteiger partial charge is 0.398 e. The summed E-state index contributed by atoms with van der Waals surface area (Å²) in [4.78, 5) is 47.2. The molecule has 2 heterocycles. The SMILES string of the molecule is CO/N=C(\C(=O)NC1C(=O)N(S(=O)(=O)O)C1(c1ccccc1)c1ccccc1)c1csc(NC(=O)CCl)n1. The van der Waals surface area contributed by atoms with Gasteiger partial charge >= 0.3 is 10.3 Å². The number of alkyl halides is 1. The van der Waals surface area contributed by atoms with Crippen LogP contribution in [0.2, 0.25) is 0 Å². The van der Waals surface area contributed by atoms with Crippen molar-refractivity contribution in [3.63, 3.8) is 0 Å². The molecule has 12 nitrogen and oxygen atoms in total. The van der Waals surface area contributed by atoms with Gasteiger partial charge in [-0.2, -0.15) is 12.7 Å². The van der Waals surface area contributed by atoms with Crippen molar-refractivity contribution in [2.24, 2.45) is 5.16 Å². The lowest BCUT2D eigenvalue weighted by Crippen LogP contribution is -2.78. The van der Waals surface area contributed by atoms with E-state index in [1.807, 2.05) is 0 Å². The summed E-state index contributed by atoms with van der Waals surface area (Å²) in [6, 6.07) is 14.8. The highest BCUT2D eigenvalue weighted by Gasteiger charge is 2.67. The summed E-state index contributed by atoms with van der Waals surface area (Å²) in [6.45, 7) is 0. The molecule has 198 valence electrons. The first-order valence-corrected chi connectivity index (χ1v) is 13.6. The summed E-state index contributed by atoms with van der Waals surface area (Å²) in [5, 5.41) is 10.3. The van der Waals surface area contributed by atoms with E-state index in [-0.39, 0.29) is 22.4 Å². The normalized spacial score (nSPS) is 16.9. The maximum absolute atomic E-state index is 13.4. The van der Waals surface area contributed by atoms with E-state index in [0.717, 1.165) is 11.3 Å². The fraction of sp³-hybridized carbons (Fsp3) is 0.174. The molecule has 1 fully saturated rings. The van der Waals surface area contributed by atoms with Crippen LogP contribution in [0.15, 0.2) is 71.2 Å². The number of oxime groups is 1. The van der Waals surface area contributed by atoms with Crippen LogP contribution in [-0.4, -0.2) is 64.7 Å². The van der Waals surface area contributed by atoms with Gasteiger partial charge in [0.25, 0.3) is 11.8 Å². The van der Waals surface area contributed by atoms with Crippen LogP contribution in [0.1, 0.15) is 16.8 Å². The number of anilines is 1. The third-order valence-electron chi connectivity index (χ3n) is 5.63. The van der Waals surface area contributed by atoms with Crippen LogP contribution < -0.4 is 10.6 Å². The molecule has 0 spiro atoms. The lowest BCUT2D eigenvalue weighted by atomic mass is 9.70. The summed E-state index contributed by atoms with van der Waals surface area (Å²) in [5.74, 6) is -2.80. The van der Waals surface area contributed by atoms with Gasteiger partial charge in [-0.25, -0.2) is 4.98 Å². The Balaban J connectivity index is 1.78. The number of hydrogen-bond acceptors (Lipinski definition) is 9. The Morgan fingerprint density at radius 2 is 1.74 bits per heavy atom. The van der Waals surface area contributed by atoms with Crippen molar-refractivity contribution in [3.05, 3.63) is 82.9 Å². The lowest BCUT2D eigenvalue weighted by molar-refractivity contribution is -0.151. The number of nitrogens with one attached hydrogen (secondary N) is 2. The first-order valence-electron chi connectivity index (χ1n) is 10.8. The molecule has 1 unspecified atom stereocenters. The summed E-state index contributed by atoms with van der Waals surface area (Å²) in [5.41, 5.74) is -1.51. The zero-order valence-electron chi connectivity index (χ0n) is 19.6. The van der Waals surface area contributed by atoms with Gasteiger partial charge in [0.05, 0.1) is 0 Å². The van der Waals surface area contributed by atoms with E-state index >= 15 is 0 Å². The van der Waals surface area contributed by atoms with Gasteiger partial charge in [0.15, 0.2) is 10.8 Å². The number of benzene rings is 2. The van der Waals surface area contributed by atoms with E-state index in [1.165, 1.54) is 12.5 Å². The Bertz CT molecular complexity index is 1460. The number of carbonyl (C=O) groups is 3. The zero-order valence-corrected chi connectivity index (χ0v) is 22.0. The molecule has 1 aliphatic rings. The molecule has 3 amide bonds. The van der Waals surface area contributed by atoms with Crippen molar-refractivity contribution in [3.8, 4) is 0 Å². The second-order valence-corrected chi connectivity index (χ2v) is 10.2. The molecular weight excluding hydrogens is 558 g/mol. The Kier molecular flexibility index (Phi) is 7.78. The van der Waals surface area contributed by atoms with E-state index in [4.69, 9.17) is 16.4 Å². The smallest absolute Gasteiger partial charge is 0.363 e. The van der Waals surface area contributed by atoms with E-state index in [0.29, 0.717) is 15.4 Å². The predicted molar refractivity (Wildman–Crippen MR) is 139 cm³/mol. The molecule has 1 saturated heterocycles. The monoisotopic (exact) mass is 577 g/mol. The van der Waals surface area contributed by atoms with Crippen LogP contribution in [0.4, 0.5) is 5.13 Å². The summed E-state index contributed by atoms with van der Waals surface area (Å²) >= 11 is 6.49. The van der Waals surface area contributed by atoms with Crippen LogP contribution in [0.3, 0.4) is 0 Å². The van der Waals surface area contributed by atoms with Crippen molar-refractivity contribution in [2.45, 2.75) is 11.6 Å². The number of aromatic nitrogens is 1. The van der Waals surface area contributed by atoms with E-state index < -0.39 is 39.6 Å². The molecule has 1 aromatic heterocycles. The van der Waals surface area contributed by atoms with Crippen molar-refractivity contribution < 1.29 is 32.2 Å². The van der Waals surface area contributed by atoms with Crippen molar-refractivity contribution in [1.82, 2.24) is 14.6 Å². The van der Waals surface area contributed by atoms with Gasteiger partial charge in [0.1, 0.15) is 30.3 Å². The van der Waals surface area contributed by atoms with E-state index in [9.17, 15) is 27.4 Å². The van der Waals surface area contributed by atoms with Crippen LogP contribution in [0, 0.1) is 0 Å². The van der Waals surface area contributed by atoms with Crippen molar-refractivity contribution in [1.29, 1.82) is 0 Å². The van der Waals surface area contributed by atoms with Crippen molar-refractivity contribution in [2.75, 3.05) is 18.3 Å². The first-order chi connectivity index (χ1) is 18.1. The minimum atomic E-state index is -5.07. The third-order valence-corrected chi connectivity index (χ3v) is 7.56. The van der Waals surface area contributed by atoms with Crippen LogP contribution in [0.5, 0.6) is 0 Å². The molecule has 3 N–H and O–H groups in total. The summed E-state index contributed by atoms with van der Waals surface area (Å²) in [7, 11) is -3.87. The summed E-state index contributed by atoms with van der Waals surface area (Å²) < 4.78 is 35.3. The van der Waals surface area contributed by atoms with Gasteiger partial charge in [0.2, 0.25) is 5.91 Å². The molecule has 38 heavy (non-hydrogen) atoms. The molecule has 0 aliphatic carbocycles. The highest BCUT2D eigenvalue weighted by atomic mass is 35.5. The lowest BCUT2D eigenvalue weighted by Gasteiger charge is -2.55. The number of thiazole rings is 1. The standard InChI is InChI=1S/C23H20ClN5O7S2/c1-36-28-18(16-13-37-22(25-16)26-17(30)12-24)20(31)27-19-21(32)29(38(33,34)35)23(19,14-8-4-2-5-9-14)15-10-6-3-7-11-15/h2-11,13,19H,12H2,1H3,(H,27,31)(H,25,26,30)(H,33,34,35)/b28-18-. The molecular formula is C23H20ClN5O7S2.